The Hall–Kier alpha value is -6.62. The summed E-state index contributed by atoms with van der Waals surface area (Å²) in [6.07, 6.45) is -3.39. The Morgan fingerprint density at radius 3 is 1.03 bits per heavy atom. The van der Waals surface area contributed by atoms with Crippen LogP contribution >= 0.6 is 0 Å². The van der Waals surface area contributed by atoms with Crippen LogP contribution in [0.3, 0.4) is 0 Å². The first-order valence-electron chi connectivity index (χ1n) is 17.9. The topological polar surface area (TPSA) is 30.2 Å². The van der Waals surface area contributed by atoms with E-state index < -0.39 is 144 Å². The highest BCUT2D eigenvalue weighted by atomic mass is 19.2. The summed E-state index contributed by atoms with van der Waals surface area (Å²) in [7, 11) is 0. The van der Waals surface area contributed by atoms with Crippen LogP contribution in [0, 0.1) is 116 Å². The molecule has 0 N–H and O–H groups in total. The molecule has 344 valence electrons. The van der Waals surface area contributed by atoms with E-state index in [1.54, 1.807) is 6.07 Å². The Labute approximate surface area is 351 Å². The predicted octanol–water partition coefficient (Wildman–Crippen LogP) is 8.83. The normalized spacial score (nSPS) is 11.5. The van der Waals surface area contributed by atoms with Gasteiger partial charge in [-0.05, 0) is 12.5 Å². The van der Waals surface area contributed by atoms with Crippen molar-refractivity contribution in [3.8, 4) is 0 Å². The van der Waals surface area contributed by atoms with E-state index in [-0.39, 0.29) is 5.97 Å². The molecule has 5 aromatic carbocycles. The standard InChI is InChI=1S/C24BF20.C17H20NO2/c26-5-1(6(27)14(35)21(42)13(5)34)25(2-7(28)15(36)22(43)16(37)8(2)29,3-9(30)17(38)23(44)18(39)10(3)31)4-11(32)19(40)24(45)20(41)12(4)33;1-2-3-13-20-17(19)16-11-7-8-12-18(16)14-15-9-5-4-6-10-15/h;4-12H,2-3,13-14H2,1H3/q-1;+1. The maximum Gasteiger partial charge on any atom is 0.403 e. The number of esters is 1. The molecule has 3 nitrogen and oxygen atoms in total. The second-order valence-corrected chi connectivity index (χ2v) is 13.5. The first-order valence-corrected chi connectivity index (χ1v) is 17.9. The van der Waals surface area contributed by atoms with E-state index in [2.05, 4.69) is 6.92 Å². The minimum atomic E-state index is -7.22. The maximum absolute atomic E-state index is 15.4. The number of nitrogens with zero attached hydrogens (tertiary/aromatic N) is 1. The highest BCUT2D eigenvalue weighted by molar-refractivity contribution is 7.20. The summed E-state index contributed by atoms with van der Waals surface area (Å²) < 4.78 is 301. The van der Waals surface area contributed by atoms with Crippen molar-refractivity contribution in [1.29, 1.82) is 0 Å². The molecule has 0 fully saturated rings. The maximum atomic E-state index is 15.4. The SMILES string of the molecule is CCCCOC(=O)c1cccc[n+]1Cc1ccccc1.Fc1c(F)c(F)c([B-](c2c(F)c(F)c(F)c(F)c2F)(c2c(F)c(F)c(F)c(F)c2F)c2c(F)c(F)c(F)c(F)c2F)c(F)c1F. The lowest BCUT2D eigenvalue weighted by Gasteiger charge is -2.44. The molecule has 65 heavy (non-hydrogen) atoms. The van der Waals surface area contributed by atoms with Crippen molar-refractivity contribution < 1.29 is 102 Å². The summed E-state index contributed by atoms with van der Waals surface area (Å²) in [5, 5.41) is 0. The number of rotatable bonds is 10. The summed E-state index contributed by atoms with van der Waals surface area (Å²) in [6, 6.07) is 15.7. The van der Waals surface area contributed by atoms with Gasteiger partial charge in [0, 0.05) is 17.7 Å². The Morgan fingerprint density at radius 1 is 0.431 bits per heavy atom. The van der Waals surface area contributed by atoms with Gasteiger partial charge >= 0.3 is 5.97 Å². The van der Waals surface area contributed by atoms with Gasteiger partial charge in [0.25, 0.3) is 5.69 Å². The van der Waals surface area contributed by atoms with Gasteiger partial charge in [-0.2, -0.15) is 4.57 Å². The van der Waals surface area contributed by atoms with Crippen molar-refractivity contribution >= 4 is 34.0 Å². The molecule has 24 heteroatoms. The Morgan fingerprint density at radius 2 is 0.723 bits per heavy atom. The summed E-state index contributed by atoms with van der Waals surface area (Å²) in [6.45, 7) is 3.22. The van der Waals surface area contributed by atoms with Crippen LogP contribution < -0.4 is 26.4 Å². The van der Waals surface area contributed by atoms with Crippen LogP contribution in [0.25, 0.3) is 0 Å². The van der Waals surface area contributed by atoms with Crippen LogP contribution in [0.5, 0.6) is 0 Å². The van der Waals surface area contributed by atoms with Crippen LogP contribution in [0.1, 0.15) is 35.8 Å². The van der Waals surface area contributed by atoms with Crippen LogP contribution in [0.2, 0.25) is 0 Å². The predicted molar refractivity (Wildman–Crippen MR) is 187 cm³/mol. The van der Waals surface area contributed by atoms with Gasteiger partial charge in [0.1, 0.15) is 52.7 Å². The lowest BCUT2D eigenvalue weighted by Crippen LogP contribution is -2.81. The molecule has 0 atom stereocenters. The van der Waals surface area contributed by atoms with Gasteiger partial charge in [0.2, 0.25) is 0 Å². The minimum absolute atomic E-state index is 0.255. The van der Waals surface area contributed by atoms with E-state index in [1.807, 2.05) is 53.2 Å². The van der Waals surface area contributed by atoms with E-state index in [1.165, 1.54) is 0 Å². The lowest BCUT2D eigenvalue weighted by atomic mass is 9.12. The molecule has 0 radical (unpaired) electrons. The third-order valence-electron chi connectivity index (χ3n) is 9.78. The molecule has 0 aliphatic rings. The highest BCUT2D eigenvalue weighted by Crippen LogP contribution is 2.30. The van der Waals surface area contributed by atoms with E-state index in [0.717, 1.165) is 18.4 Å². The molecule has 0 saturated carbocycles. The molecule has 6 rings (SSSR count). The van der Waals surface area contributed by atoms with Gasteiger partial charge in [0.05, 0.1) is 6.61 Å². The third kappa shape index (κ3) is 8.33. The molecular formula is C41H20BF20NO2. The van der Waals surface area contributed by atoms with E-state index in [4.69, 9.17) is 4.74 Å². The van der Waals surface area contributed by atoms with Gasteiger partial charge in [0.15, 0.2) is 82.5 Å². The number of pyridine rings is 1. The number of carbonyl (C=O) groups excluding carboxylic acids is 1. The second-order valence-electron chi connectivity index (χ2n) is 13.5. The number of hydrogen-bond donors (Lipinski definition) is 0. The Bertz CT molecular complexity index is 2460. The van der Waals surface area contributed by atoms with Crippen LogP contribution in [0.15, 0.2) is 54.7 Å². The summed E-state index contributed by atoms with van der Waals surface area (Å²) >= 11 is 0. The summed E-state index contributed by atoms with van der Waals surface area (Å²) in [4.78, 5) is 12.1. The van der Waals surface area contributed by atoms with Crippen molar-refractivity contribution in [2.45, 2.75) is 26.3 Å². The molecule has 1 aromatic heterocycles. The molecule has 0 aliphatic heterocycles. The zero-order valence-electron chi connectivity index (χ0n) is 31.9. The largest absolute Gasteiger partial charge is 0.458 e. The molecule has 0 spiro atoms. The van der Waals surface area contributed by atoms with Crippen LogP contribution in [0.4, 0.5) is 87.8 Å². The fourth-order valence-electron chi connectivity index (χ4n) is 6.84. The lowest BCUT2D eigenvalue weighted by molar-refractivity contribution is -0.690. The molecule has 0 amide bonds. The van der Waals surface area contributed by atoms with Crippen molar-refractivity contribution in [2.75, 3.05) is 6.61 Å². The number of carbonyl (C=O) groups is 1. The van der Waals surface area contributed by atoms with Gasteiger partial charge in [-0.25, -0.2) is 92.6 Å². The van der Waals surface area contributed by atoms with Gasteiger partial charge in [-0.15, -0.1) is 21.9 Å². The molecule has 0 bridgehead atoms. The first-order chi connectivity index (χ1) is 30.5. The molecule has 0 aliphatic carbocycles. The van der Waals surface area contributed by atoms with Gasteiger partial charge < -0.3 is 4.74 Å². The van der Waals surface area contributed by atoms with Crippen molar-refractivity contribution in [3.05, 3.63) is 182 Å². The number of halogens is 20. The summed E-state index contributed by atoms with van der Waals surface area (Å²) in [5.74, 6) is -71.7. The van der Waals surface area contributed by atoms with Crippen molar-refractivity contribution in [3.63, 3.8) is 0 Å². The van der Waals surface area contributed by atoms with Crippen LogP contribution in [-0.4, -0.2) is 18.7 Å². The summed E-state index contributed by atoms with van der Waals surface area (Å²) in [5.41, 5.74) is -12.6. The van der Waals surface area contributed by atoms with Gasteiger partial charge in [-0.3, -0.25) is 0 Å². The zero-order valence-corrected chi connectivity index (χ0v) is 31.9. The smallest absolute Gasteiger partial charge is 0.403 e. The number of aromatic nitrogens is 1. The molecule has 1 heterocycles. The highest BCUT2D eigenvalue weighted by Gasteiger charge is 2.52. The number of ether oxygens (including phenoxy) is 1. The molecular weight excluding hydrogens is 929 g/mol. The van der Waals surface area contributed by atoms with Gasteiger partial charge in [-0.1, -0.05) is 43.7 Å². The van der Waals surface area contributed by atoms with E-state index in [9.17, 15) is 57.5 Å². The number of hydrogen-bond acceptors (Lipinski definition) is 2. The number of benzene rings is 5. The molecule has 0 saturated heterocycles. The van der Waals surface area contributed by atoms with Crippen molar-refractivity contribution in [2.24, 2.45) is 0 Å². The fraction of sp³-hybridized carbons (Fsp3) is 0.122. The second kappa shape index (κ2) is 19.2. The first kappa shape index (κ1) is 49.4. The Kier molecular flexibility index (Phi) is 14.6. The van der Waals surface area contributed by atoms with Crippen LogP contribution in [-0.2, 0) is 11.3 Å². The number of unbranched alkanes of at least 4 members (excludes halogenated alkanes) is 1. The van der Waals surface area contributed by atoms with E-state index >= 15 is 35.1 Å². The molecule has 6 aromatic rings. The Balaban J connectivity index is 0.000000330. The third-order valence-corrected chi connectivity index (χ3v) is 9.78. The monoisotopic (exact) mass is 949 g/mol. The zero-order chi connectivity index (χ0) is 48.6. The van der Waals surface area contributed by atoms with E-state index in [0.29, 0.717) is 18.8 Å². The molecule has 0 unspecified atom stereocenters. The minimum Gasteiger partial charge on any atom is -0.458 e. The van der Waals surface area contributed by atoms with Crippen molar-refractivity contribution in [1.82, 2.24) is 0 Å². The fourth-order valence-corrected chi connectivity index (χ4v) is 6.84. The average Bonchev–Trinajstić information content (AvgIpc) is 3.29. The quantitative estimate of drug-likeness (QED) is 0.0262. The average molecular weight is 949 g/mol.